The number of carbonyl (C=O) groups excluding carboxylic acids is 1. The van der Waals surface area contributed by atoms with Crippen LogP contribution in [0, 0.1) is 0 Å². The zero-order valence-electron chi connectivity index (χ0n) is 7.53. The van der Waals surface area contributed by atoms with Gasteiger partial charge in [-0.25, -0.2) is 0 Å². The fourth-order valence-corrected chi connectivity index (χ4v) is 1.59. The number of rotatable bonds is 1. The molecule has 1 aliphatic rings. The van der Waals surface area contributed by atoms with Gasteiger partial charge in [0.15, 0.2) is 0 Å². The number of benzene rings is 1. The zero-order chi connectivity index (χ0) is 10.1. The van der Waals surface area contributed by atoms with E-state index in [1.54, 1.807) is 12.1 Å². The number of fused-ring (bicyclic) bond motifs is 1. The van der Waals surface area contributed by atoms with E-state index in [0.29, 0.717) is 17.6 Å². The van der Waals surface area contributed by atoms with E-state index in [-0.39, 0.29) is 5.91 Å². The Kier molecular flexibility index (Phi) is 2.27. The second kappa shape index (κ2) is 3.44. The highest BCUT2D eigenvalue weighted by Gasteiger charge is 2.19. The third-order valence-corrected chi connectivity index (χ3v) is 2.36. The van der Waals surface area contributed by atoms with E-state index in [1.165, 1.54) is 6.07 Å². The molecule has 1 aromatic rings. The van der Waals surface area contributed by atoms with E-state index >= 15 is 0 Å². The van der Waals surface area contributed by atoms with Crippen LogP contribution in [0.2, 0.25) is 0 Å². The fraction of sp³-hybridized carbons (Fsp3) is 0.222. The molecular weight excluding hydrogens is 181 g/mol. The molecule has 0 bridgehead atoms. The second-order valence-corrected chi connectivity index (χ2v) is 3.30. The summed E-state index contributed by atoms with van der Waals surface area (Å²) < 4.78 is 0. The van der Waals surface area contributed by atoms with Crippen molar-refractivity contribution in [1.82, 2.24) is 5.32 Å². The predicted octanol–water partition coefficient (Wildman–Crippen LogP) is -1.35. The summed E-state index contributed by atoms with van der Waals surface area (Å²) in [5, 5.41) is 20.6. The summed E-state index contributed by atoms with van der Waals surface area (Å²) in [7, 11) is -1.52. The smallest absolute Gasteiger partial charge is 0.423 e. The van der Waals surface area contributed by atoms with Crippen molar-refractivity contribution >= 4 is 18.5 Å². The Morgan fingerprint density at radius 1 is 1.36 bits per heavy atom. The highest BCUT2D eigenvalue weighted by Crippen LogP contribution is 2.11. The number of nitrogens with one attached hydrogen (secondary N) is 1. The third kappa shape index (κ3) is 1.52. The van der Waals surface area contributed by atoms with Gasteiger partial charge in [0.1, 0.15) is 0 Å². The molecule has 72 valence electrons. The van der Waals surface area contributed by atoms with Gasteiger partial charge in [-0.3, -0.25) is 4.79 Å². The molecule has 1 amide bonds. The Hall–Kier alpha value is -1.33. The summed E-state index contributed by atoms with van der Waals surface area (Å²) in [6.45, 7) is 0.646. The van der Waals surface area contributed by atoms with Gasteiger partial charge >= 0.3 is 7.12 Å². The minimum absolute atomic E-state index is 0.145. The van der Waals surface area contributed by atoms with Crippen molar-refractivity contribution < 1.29 is 14.8 Å². The first-order valence-electron chi connectivity index (χ1n) is 4.45. The van der Waals surface area contributed by atoms with Crippen LogP contribution in [0.3, 0.4) is 0 Å². The minimum atomic E-state index is -1.52. The van der Waals surface area contributed by atoms with Gasteiger partial charge in [0.2, 0.25) is 0 Å². The van der Waals surface area contributed by atoms with E-state index < -0.39 is 7.12 Å². The van der Waals surface area contributed by atoms with E-state index in [9.17, 15) is 4.79 Å². The fourth-order valence-electron chi connectivity index (χ4n) is 1.59. The maximum Gasteiger partial charge on any atom is 0.488 e. The average molecular weight is 191 g/mol. The highest BCUT2D eigenvalue weighted by molar-refractivity contribution is 6.58. The minimum Gasteiger partial charge on any atom is -0.423 e. The van der Waals surface area contributed by atoms with Crippen molar-refractivity contribution in [3.8, 4) is 0 Å². The molecule has 0 atom stereocenters. The summed E-state index contributed by atoms with van der Waals surface area (Å²) in [6.07, 6.45) is 0.795. The van der Waals surface area contributed by atoms with Crippen LogP contribution in [0.5, 0.6) is 0 Å². The molecule has 0 saturated carbocycles. The van der Waals surface area contributed by atoms with Gasteiger partial charge in [0, 0.05) is 12.1 Å². The molecule has 0 radical (unpaired) electrons. The lowest BCUT2D eigenvalue weighted by Crippen LogP contribution is -2.36. The Labute approximate surface area is 81.7 Å². The van der Waals surface area contributed by atoms with Crippen molar-refractivity contribution in [1.29, 1.82) is 0 Å². The van der Waals surface area contributed by atoms with Crippen LogP contribution in [0.15, 0.2) is 18.2 Å². The summed E-state index contributed by atoms with van der Waals surface area (Å²) >= 11 is 0. The van der Waals surface area contributed by atoms with Gasteiger partial charge < -0.3 is 15.4 Å². The molecule has 0 saturated heterocycles. The Bertz CT molecular complexity index is 378. The maximum absolute atomic E-state index is 11.4. The molecule has 4 nitrogen and oxygen atoms in total. The van der Waals surface area contributed by atoms with E-state index in [0.717, 1.165) is 12.0 Å². The molecule has 0 aromatic heterocycles. The van der Waals surface area contributed by atoms with Crippen LogP contribution in [0.25, 0.3) is 0 Å². The van der Waals surface area contributed by atoms with E-state index in [4.69, 9.17) is 10.0 Å². The largest absolute Gasteiger partial charge is 0.488 e. The van der Waals surface area contributed by atoms with Gasteiger partial charge in [0.25, 0.3) is 5.91 Å². The quantitative estimate of drug-likeness (QED) is 0.481. The second-order valence-electron chi connectivity index (χ2n) is 3.30. The molecule has 0 spiro atoms. The molecular formula is C9H10BNO3. The Balaban J connectivity index is 2.46. The van der Waals surface area contributed by atoms with E-state index in [2.05, 4.69) is 5.32 Å². The molecule has 5 heteroatoms. The molecule has 2 rings (SSSR count). The van der Waals surface area contributed by atoms with Crippen LogP contribution < -0.4 is 10.8 Å². The number of amides is 1. The van der Waals surface area contributed by atoms with Crippen LogP contribution in [0.1, 0.15) is 15.9 Å². The lowest BCUT2D eigenvalue weighted by atomic mass is 9.78. The third-order valence-electron chi connectivity index (χ3n) is 2.36. The highest BCUT2D eigenvalue weighted by atomic mass is 16.4. The molecule has 3 N–H and O–H groups in total. The van der Waals surface area contributed by atoms with Gasteiger partial charge in [-0.2, -0.15) is 0 Å². The van der Waals surface area contributed by atoms with Gasteiger partial charge in [0.05, 0.1) is 0 Å². The van der Waals surface area contributed by atoms with Crippen molar-refractivity contribution in [3.05, 3.63) is 29.3 Å². The normalized spacial score (nSPS) is 14.6. The first-order valence-corrected chi connectivity index (χ1v) is 4.45. The maximum atomic E-state index is 11.4. The molecule has 0 fully saturated rings. The molecule has 0 aliphatic carbocycles. The standard InChI is InChI=1S/C9H10BNO3/c12-9-8-5-7(10(13)14)2-1-6(8)3-4-11-9/h1-2,5,13-14H,3-4H2,(H,11,12). The van der Waals surface area contributed by atoms with Crippen molar-refractivity contribution in [2.75, 3.05) is 6.54 Å². The van der Waals surface area contributed by atoms with Crippen LogP contribution in [-0.2, 0) is 6.42 Å². The number of carbonyl (C=O) groups is 1. The summed E-state index contributed by atoms with van der Waals surface area (Å²) in [5.41, 5.74) is 1.85. The lowest BCUT2D eigenvalue weighted by molar-refractivity contribution is 0.0946. The Morgan fingerprint density at radius 3 is 2.86 bits per heavy atom. The van der Waals surface area contributed by atoms with E-state index in [1.807, 2.05) is 0 Å². The van der Waals surface area contributed by atoms with Gasteiger partial charge in [-0.05, 0) is 23.5 Å². The van der Waals surface area contributed by atoms with Crippen LogP contribution >= 0.6 is 0 Å². The molecule has 1 aliphatic heterocycles. The predicted molar refractivity (Wildman–Crippen MR) is 52.3 cm³/mol. The van der Waals surface area contributed by atoms with Gasteiger partial charge in [-0.15, -0.1) is 0 Å². The number of hydrogen-bond donors (Lipinski definition) is 3. The molecule has 1 heterocycles. The molecule has 1 aromatic carbocycles. The average Bonchev–Trinajstić information content (AvgIpc) is 2.18. The monoisotopic (exact) mass is 191 g/mol. The van der Waals surface area contributed by atoms with Crippen molar-refractivity contribution in [2.24, 2.45) is 0 Å². The first kappa shape index (κ1) is 9.24. The first-order chi connectivity index (χ1) is 6.68. The summed E-state index contributed by atoms with van der Waals surface area (Å²) in [4.78, 5) is 11.4. The van der Waals surface area contributed by atoms with Gasteiger partial charge in [-0.1, -0.05) is 12.1 Å². The van der Waals surface area contributed by atoms with Crippen LogP contribution in [-0.4, -0.2) is 29.6 Å². The van der Waals surface area contributed by atoms with Crippen molar-refractivity contribution in [2.45, 2.75) is 6.42 Å². The van der Waals surface area contributed by atoms with Crippen molar-refractivity contribution in [3.63, 3.8) is 0 Å². The zero-order valence-corrected chi connectivity index (χ0v) is 7.53. The lowest BCUT2D eigenvalue weighted by Gasteiger charge is -2.16. The number of hydrogen-bond acceptors (Lipinski definition) is 3. The summed E-state index contributed by atoms with van der Waals surface area (Å²) in [6, 6.07) is 4.92. The molecule has 0 unspecified atom stereocenters. The molecule has 14 heavy (non-hydrogen) atoms. The summed E-state index contributed by atoms with van der Waals surface area (Å²) in [5.74, 6) is -0.145. The SMILES string of the molecule is O=C1NCCc2ccc(B(O)O)cc21. The van der Waals surface area contributed by atoms with Crippen LogP contribution in [0.4, 0.5) is 0 Å². The Morgan fingerprint density at radius 2 is 2.14 bits per heavy atom. The topological polar surface area (TPSA) is 69.6 Å².